The Morgan fingerprint density at radius 2 is 1.44 bits per heavy atom. The van der Waals surface area contributed by atoms with Gasteiger partial charge in [-0.05, 0) is 42.8 Å². The number of sulfonamides is 2. The van der Waals surface area contributed by atoms with Crippen molar-refractivity contribution in [3.05, 3.63) is 48.0 Å². The minimum atomic E-state index is -3.84. The van der Waals surface area contributed by atoms with Gasteiger partial charge in [-0.2, -0.15) is 0 Å². The molecule has 0 aliphatic rings. The standard InChI is InChI=1S/C16H21N3O4S2/c1-12-6-5-7-15(16(12)17-2)18-24(20,21)13-8-10-14(11-9-13)25(22,23)19(3)4/h5-11,17-18H,1-4H3. The molecular formula is C16H21N3O4S2. The second kappa shape index (κ2) is 7.03. The maximum absolute atomic E-state index is 12.6. The minimum absolute atomic E-state index is 0.0197. The molecule has 0 atom stereocenters. The van der Waals surface area contributed by atoms with Crippen LogP contribution in [0.1, 0.15) is 5.56 Å². The van der Waals surface area contributed by atoms with Crippen LogP contribution in [0.2, 0.25) is 0 Å². The minimum Gasteiger partial charge on any atom is -0.386 e. The maximum Gasteiger partial charge on any atom is 0.261 e. The normalized spacial score (nSPS) is 12.2. The van der Waals surface area contributed by atoms with Gasteiger partial charge in [-0.15, -0.1) is 0 Å². The number of benzene rings is 2. The van der Waals surface area contributed by atoms with Crippen molar-refractivity contribution >= 4 is 31.4 Å². The van der Waals surface area contributed by atoms with E-state index in [0.717, 1.165) is 9.87 Å². The molecular weight excluding hydrogens is 362 g/mol. The van der Waals surface area contributed by atoms with Crippen LogP contribution in [0, 0.1) is 6.92 Å². The van der Waals surface area contributed by atoms with Crippen LogP contribution in [0.25, 0.3) is 0 Å². The van der Waals surface area contributed by atoms with Gasteiger partial charge in [-0.3, -0.25) is 4.72 Å². The summed E-state index contributed by atoms with van der Waals surface area (Å²) < 4.78 is 52.9. The van der Waals surface area contributed by atoms with Gasteiger partial charge in [-0.1, -0.05) is 12.1 Å². The SMILES string of the molecule is CNc1c(C)cccc1NS(=O)(=O)c1ccc(S(=O)(=O)N(C)C)cc1. The Morgan fingerprint density at radius 3 is 1.96 bits per heavy atom. The molecule has 0 heterocycles. The van der Waals surface area contributed by atoms with Gasteiger partial charge in [0, 0.05) is 21.1 Å². The fraction of sp³-hybridized carbons (Fsp3) is 0.250. The second-order valence-electron chi connectivity index (χ2n) is 5.61. The molecule has 0 spiro atoms. The average Bonchev–Trinajstić information content (AvgIpc) is 2.54. The third kappa shape index (κ3) is 3.94. The first-order valence-electron chi connectivity index (χ1n) is 7.42. The quantitative estimate of drug-likeness (QED) is 0.796. The van der Waals surface area contributed by atoms with E-state index in [1.165, 1.54) is 38.4 Å². The highest BCUT2D eigenvalue weighted by Gasteiger charge is 2.20. The summed E-state index contributed by atoms with van der Waals surface area (Å²) in [6.07, 6.45) is 0. The molecule has 9 heteroatoms. The molecule has 0 amide bonds. The van der Waals surface area contributed by atoms with E-state index < -0.39 is 20.0 Å². The second-order valence-corrected chi connectivity index (χ2v) is 9.45. The molecule has 0 unspecified atom stereocenters. The molecule has 2 N–H and O–H groups in total. The van der Waals surface area contributed by atoms with E-state index in [1.807, 2.05) is 13.0 Å². The summed E-state index contributed by atoms with van der Waals surface area (Å²) in [6.45, 7) is 1.87. The first-order valence-corrected chi connectivity index (χ1v) is 10.3. The largest absolute Gasteiger partial charge is 0.386 e. The molecule has 2 aromatic carbocycles. The summed E-state index contributed by atoms with van der Waals surface area (Å²) in [6, 6.07) is 10.4. The van der Waals surface area contributed by atoms with Crippen LogP contribution in [-0.4, -0.2) is 42.3 Å². The van der Waals surface area contributed by atoms with Gasteiger partial charge in [0.15, 0.2) is 0 Å². The van der Waals surface area contributed by atoms with E-state index in [2.05, 4.69) is 10.0 Å². The van der Waals surface area contributed by atoms with E-state index in [1.54, 1.807) is 19.2 Å². The van der Waals surface area contributed by atoms with E-state index >= 15 is 0 Å². The Balaban J connectivity index is 2.37. The third-order valence-corrected chi connectivity index (χ3v) is 6.89. The summed E-state index contributed by atoms with van der Waals surface area (Å²) in [5.74, 6) is 0. The van der Waals surface area contributed by atoms with Crippen molar-refractivity contribution in [2.75, 3.05) is 31.2 Å². The molecule has 0 fully saturated rings. The van der Waals surface area contributed by atoms with Gasteiger partial charge >= 0.3 is 0 Å². The van der Waals surface area contributed by atoms with E-state index in [-0.39, 0.29) is 9.79 Å². The van der Waals surface area contributed by atoms with Crippen LogP contribution in [0.5, 0.6) is 0 Å². The van der Waals surface area contributed by atoms with Gasteiger partial charge in [0.25, 0.3) is 10.0 Å². The highest BCUT2D eigenvalue weighted by molar-refractivity contribution is 7.92. The predicted octanol–water partition coefficient (Wildman–Crippen LogP) is 2.09. The van der Waals surface area contributed by atoms with E-state index in [4.69, 9.17) is 0 Å². The number of rotatable bonds is 6. The molecule has 7 nitrogen and oxygen atoms in total. The molecule has 136 valence electrons. The van der Waals surface area contributed by atoms with Crippen LogP contribution in [0.15, 0.2) is 52.3 Å². The number of aryl methyl sites for hydroxylation is 1. The fourth-order valence-corrected chi connectivity index (χ4v) is 4.26. The average molecular weight is 383 g/mol. The summed E-state index contributed by atoms with van der Waals surface area (Å²) >= 11 is 0. The van der Waals surface area contributed by atoms with Crippen molar-refractivity contribution in [2.24, 2.45) is 0 Å². The fourth-order valence-electron chi connectivity index (χ4n) is 2.29. The van der Waals surface area contributed by atoms with Crippen molar-refractivity contribution in [2.45, 2.75) is 16.7 Å². The molecule has 0 aliphatic heterocycles. The van der Waals surface area contributed by atoms with Crippen molar-refractivity contribution in [1.29, 1.82) is 0 Å². The molecule has 0 aromatic heterocycles. The molecule has 25 heavy (non-hydrogen) atoms. The summed E-state index contributed by atoms with van der Waals surface area (Å²) in [5, 5.41) is 2.97. The van der Waals surface area contributed by atoms with Crippen molar-refractivity contribution in [3.8, 4) is 0 Å². The van der Waals surface area contributed by atoms with Crippen LogP contribution in [0.3, 0.4) is 0 Å². The zero-order valence-corrected chi connectivity index (χ0v) is 16.1. The van der Waals surface area contributed by atoms with Crippen molar-refractivity contribution in [1.82, 2.24) is 4.31 Å². The topological polar surface area (TPSA) is 95.6 Å². The smallest absolute Gasteiger partial charge is 0.261 e. The van der Waals surface area contributed by atoms with Gasteiger partial charge in [0.2, 0.25) is 10.0 Å². The van der Waals surface area contributed by atoms with E-state index in [9.17, 15) is 16.8 Å². The third-order valence-electron chi connectivity index (χ3n) is 3.68. The Kier molecular flexibility index (Phi) is 5.40. The van der Waals surface area contributed by atoms with Crippen LogP contribution < -0.4 is 10.0 Å². The van der Waals surface area contributed by atoms with Crippen LogP contribution in [0.4, 0.5) is 11.4 Å². The lowest BCUT2D eigenvalue weighted by Gasteiger charge is -2.15. The lowest BCUT2D eigenvalue weighted by Crippen LogP contribution is -2.22. The summed E-state index contributed by atoms with van der Waals surface area (Å²) in [5.41, 5.74) is 2.00. The summed E-state index contributed by atoms with van der Waals surface area (Å²) in [4.78, 5) is 0.0108. The highest BCUT2D eigenvalue weighted by atomic mass is 32.2. The van der Waals surface area contributed by atoms with E-state index in [0.29, 0.717) is 11.4 Å². The van der Waals surface area contributed by atoms with Gasteiger partial charge < -0.3 is 5.32 Å². The Morgan fingerprint density at radius 1 is 0.880 bits per heavy atom. The van der Waals surface area contributed by atoms with Gasteiger partial charge in [0.1, 0.15) is 0 Å². The zero-order chi connectivity index (χ0) is 18.8. The number of anilines is 2. The molecule has 2 aromatic rings. The number of nitrogens with one attached hydrogen (secondary N) is 2. The van der Waals surface area contributed by atoms with Crippen LogP contribution in [-0.2, 0) is 20.0 Å². The maximum atomic E-state index is 12.6. The zero-order valence-electron chi connectivity index (χ0n) is 14.4. The van der Waals surface area contributed by atoms with Crippen LogP contribution >= 0.6 is 0 Å². The summed E-state index contributed by atoms with van der Waals surface area (Å²) in [7, 11) is -2.91. The molecule has 0 bridgehead atoms. The highest BCUT2D eigenvalue weighted by Crippen LogP contribution is 2.27. The number of para-hydroxylation sites is 1. The first kappa shape index (κ1) is 19.2. The molecule has 0 saturated heterocycles. The van der Waals surface area contributed by atoms with Gasteiger partial charge in [-0.25, -0.2) is 21.1 Å². The Hall–Kier alpha value is -2.10. The lowest BCUT2D eigenvalue weighted by atomic mass is 10.2. The molecule has 0 saturated carbocycles. The lowest BCUT2D eigenvalue weighted by molar-refractivity contribution is 0.520. The molecule has 2 rings (SSSR count). The predicted molar refractivity (Wildman–Crippen MR) is 98.8 cm³/mol. The number of nitrogens with zero attached hydrogens (tertiary/aromatic N) is 1. The number of hydrogen-bond donors (Lipinski definition) is 2. The van der Waals surface area contributed by atoms with Gasteiger partial charge in [0.05, 0.1) is 21.2 Å². The Labute approximate surface area is 148 Å². The molecule has 0 aliphatic carbocycles. The molecule has 0 radical (unpaired) electrons. The number of hydrogen-bond acceptors (Lipinski definition) is 5. The van der Waals surface area contributed by atoms with Crippen molar-refractivity contribution < 1.29 is 16.8 Å². The van der Waals surface area contributed by atoms with Crippen molar-refractivity contribution in [3.63, 3.8) is 0 Å². The Bertz CT molecular complexity index is 967. The first-order chi connectivity index (χ1) is 11.6. The monoisotopic (exact) mass is 383 g/mol.